The lowest BCUT2D eigenvalue weighted by atomic mass is 9.77. The summed E-state index contributed by atoms with van der Waals surface area (Å²) >= 11 is 5.24. The van der Waals surface area contributed by atoms with Gasteiger partial charge < -0.3 is 11.5 Å². The molecule has 0 aromatic carbocycles. The lowest BCUT2D eigenvalue weighted by Gasteiger charge is -2.30. The van der Waals surface area contributed by atoms with E-state index < -0.39 is 0 Å². The number of halogens is 1. The van der Waals surface area contributed by atoms with E-state index in [0.717, 1.165) is 23.0 Å². The molecule has 1 amide bonds. The molecule has 1 aromatic rings. The maximum atomic E-state index is 11.3. The number of amides is 1. The molecule has 1 atom stereocenters. The predicted octanol–water partition coefficient (Wildman–Crippen LogP) is 3.64. The minimum absolute atomic E-state index is 0.00690. The Balaban J connectivity index is 2.10. The molecular weight excluding hydrogens is 324 g/mol. The van der Waals surface area contributed by atoms with E-state index in [1.54, 1.807) is 11.3 Å². The molecule has 1 unspecified atom stereocenters. The van der Waals surface area contributed by atoms with E-state index in [9.17, 15) is 4.79 Å². The first kappa shape index (κ1) is 15.0. The van der Waals surface area contributed by atoms with E-state index >= 15 is 0 Å². The zero-order chi connectivity index (χ0) is 14.0. The van der Waals surface area contributed by atoms with Crippen molar-refractivity contribution < 1.29 is 4.79 Å². The van der Waals surface area contributed by atoms with Gasteiger partial charge in [0.05, 0.1) is 3.79 Å². The van der Waals surface area contributed by atoms with Crippen LogP contribution in [0.25, 0.3) is 0 Å². The van der Waals surface area contributed by atoms with Gasteiger partial charge in [0.2, 0.25) is 5.91 Å². The van der Waals surface area contributed by atoms with Crippen LogP contribution >= 0.6 is 27.3 Å². The van der Waals surface area contributed by atoms with Crippen molar-refractivity contribution in [2.45, 2.75) is 51.5 Å². The Bertz CT molecular complexity index is 447. The number of rotatable bonds is 5. The minimum atomic E-state index is -0.197. The fraction of sp³-hybridized carbons (Fsp3) is 0.643. The quantitative estimate of drug-likeness (QED) is 0.855. The number of nitrogens with two attached hydrogens (primary N) is 2. The summed E-state index contributed by atoms with van der Waals surface area (Å²) < 4.78 is 1.15. The van der Waals surface area contributed by atoms with Crippen molar-refractivity contribution in [3.05, 3.63) is 20.3 Å². The molecule has 1 saturated carbocycles. The number of aryl methyl sites for hydroxylation is 1. The highest BCUT2D eigenvalue weighted by Crippen LogP contribution is 2.47. The van der Waals surface area contributed by atoms with Crippen molar-refractivity contribution in [3.8, 4) is 0 Å². The van der Waals surface area contributed by atoms with Gasteiger partial charge in [-0.3, -0.25) is 4.79 Å². The van der Waals surface area contributed by atoms with Gasteiger partial charge in [-0.2, -0.15) is 0 Å². The second-order valence-electron chi connectivity index (χ2n) is 5.77. The highest BCUT2D eigenvalue weighted by Gasteiger charge is 2.37. The van der Waals surface area contributed by atoms with Crippen LogP contribution < -0.4 is 11.5 Å². The number of carbonyl (C=O) groups is 1. The first-order chi connectivity index (χ1) is 8.92. The predicted molar refractivity (Wildman–Crippen MR) is 83.0 cm³/mol. The van der Waals surface area contributed by atoms with Crippen LogP contribution in [-0.2, 0) is 4.79 Å². The van der Waals surface area contributed by atoms with E-state index in [2.05, 4.69) is 28.9 Å². The van der Waals surface area contributed by atoms with Crippen molar-refractivity contribution in [1.29, 1.82) is 0 Å². The molecule has 0 radical (unpaired) electrons. The summed E-state index contributed by atoms with van der Waals surface area (Å²) in [4.78, 5) is 12.5. The monoisotopic (exact) mass is 344 g/mol. The van der Waals surface area contributed by atoms with Crippen LogP contribution in [0, 0.1) is 12.3 Å². The first-order valence-corrected chi connectivity index (χ1v) is 8.32. The van der Waals surface area contributed by atoms with Crippen LogP contribution in [0.3, 0.4) is 0 Å². The molecule has 1 aliphatic carbocycles. The van der Waals surface area contributed by atoms with Crippen molar-refractivity contribution in [2.24, 2.45) is 16.9 Å². The summed E-state index contributed by atoms with van der Waals surface area (Å²) in [6, 6.07) is 2.15. The Labute approximate surface area is 126 Å². The molecule has 5 heteroatoms. The molecule has 1 aromatic heterocycles. The maximum absolute atomic E-state index is 11.3. The van der Waals surface area contributed by atoms with Gasteiger partial charge in [0.1, 0.15) is 0 Å². The maximum Gasteiger partial charge on any atom is 0.217 e. The third-order valence-electron chi connectivity index (χ3n) is 4.11. The molecule has 106 valence electrons. The Hall–Kier alpha value is -0.390. The Kier molecular flexibility index (Phi) is 4.69. The molecule has 0 bridgehead atoms. The Morgan fingerprint density at radius 2 is 2.16 bits per heavy atom. The standard InChI is InChI=1S/C14H21BrN2OS/c1-9-6-11(19-13(9)15)10(16)7-14(8-12(17)18)4-2-3-5-14/h6,10H,2-5,7-8,16H2,1H3,(H2,17,18). The number of thiophene rings is 1. The first-order valence-electron chi connectivity index (χ1n) is 6.72. The smallest absolute Gasteiger partial charge is 0.217 e. The highest BCUT2D eigenvalue weighted by atomic mass is 79.9. The van der Waals surface area contributed by atoms with Crippen LogP contribution in [0.2, 0.25) is 0 Å². The van der Waals surface area contributed by atoms with Crippen molar-refractivity contribution in [2.75, 3.05) is 0 Å². The number of carbonyl (C=O) groups excluding carboxylic acids is 1. The average Bonchev–Trinajstić information content (AvgIpc) is 2.87. The third kappa shape index (κ3) is 3.58. The third-order valence-corrected chi connectivity index (χ3v) is 6.38. The molecule has 2 rings (SSSR count). The molecule has 4 N–H and O–H groups in total. The van der Waals surface area contributed by atoms with Crippen LogP contribution in [0.1, 0.15) is 55.0 Å². The number of primary amides is 1. The van der Waals surface area contributed by atoms with Crippen LogP contribution in [0.15, 0.2) is 9.85 Å². The molecule has 3 nitrogen and oxygen atoms in total. The highest BCUT2D eigenvalue weighted by molar-refractivity contribution is 9.11. The largest absolute Gasteiger partial charge is 0.370 e. The summed E-state index contributed by atoms with van der Waals surface area (Å²) in [5, 5.41) is 0. The molecule has 0 aliphatic heterocycles. The molecule has 1 fully saturated rings. The molecule has 0 spiro atoms. The molecule has 19 heavy (non-hydrogen) atoms. The lowest BCUT2D eigenvalue weighted by molar-refractivity contribution is -0.120. The normalized spacial score (nSPS) is 19.5. The van der Waals surface area contributed by atoms with Gasteiger partial charge in [-0.15, -0.1) is 11.3 Å². The van der Waals surface area contributed by atoms with Gasteiger partial charge in [-0.05, 0) is 59.2 Å². The summed E-state index contributed by atoms with van der Waals surface area (Å²) in [5.74, 6) is -0.197. The zero-order valence-corrected chi connectivity index (χ0v) is 13.6. The molecule has 1 heterocycles. The van der Waals surface area contributed by atoms with Crippen LogP contribution in [-0.4, -0.2) is 5.91 Å². The van der Waals surface area contributed by atoms with Gasteiger partial charge >= 0.3 is 0 Å². The fourth-order valence-corrected chi connectivity index (χ4v) is 4.75. The van der Waals surface area contributed by atoms with E-state index in [1.165, 1.54) is 23.3 Å². The number of hydrogen-bond donors (Lipinski definition) is 2. The second kappa shape index (κ2) is 5.94. The van der Waals surface area contributed by atoms with Gasteiger partial charge in [-0.25, -0.2) is 0 Å². The fourth-order valence-electron chi connectivity index (χ4n) is 3.18. The Morgan fingerprint density at radius 3 is 2.63 bits per heavy atom. The van der Waals surface area contributed by atoms with Crippen LogP contribution in [0.4, 0.5) is 0 Å². The van der Waals surface area contributed by atoms with Gasteiger partial charge in [0.25, 0.3) is 0 Å². The van der Waals surface area contributed by atoms with Gasteiger partial charge in [-0.1, -0.05) is 12.8 Å². The zero-order valence-electron chi connectivity index (χ0n) is 11.2. The van der Waals surface area contributed by atoms with Crippen LogP contribution in [0.5, 0.6) is 0 Å². The summed E-state index contributed by atoms with van der Waals surface area (Å²) in [7, 11) is 0. The van der Waals surface area contributed by atoms with Gasteiger partial charge in [0, 0.05) is 17.3 Å². The average molecular weight is 345 g/mol. The van der Waals surface area contributed by atoms with E-state index in [-0.39, 0.29) is 17.4 Å². The molecule has 0 saturated heterocycles. The minimum Gasteiger partial charge on any atom is -0.370 e. The topological polar surface area (TPSA) is 69.1 Å². The van der Waals surface area contributed by atoms with E-state index in [0.29, 0.717) is 6.42 Å². The van der Waals surface area contributed by atoms with Crippen molar-refractivity contribution in [1.82, 2.24) is 0 Å². The summed E-state index contributed by atoms with van der Waals surface area (Å²) in [6.45, 7) is 2.07. The summed E-state index contributed by atoms with van der Waals surface area (Å²) in [5.41, 5.74) is 13.0. The van der Waals surface area contributed by atoms with Crippen molar-refractivity contribution >= 4 is 33.2 Å². The molecular formula is C14H21BrN2OS. The van der Waals surface area contributed by atoms with Gasteiger partial charge in [0.15, 0.2) is 0 Å². The lowest BCUT2D eigenvalue weighted by Crippen LogP contribution is -2.29. The second-order valence-corrected chi connectivity index (χ2v) is 8.17. The van der Waals surface area contributed by atoms with E-state index in [1.807, 2.05) is 0 Å². The summed E-state index contributed by atoms with van der Waals surface area (Å²) in [6.07, 6.45) is 5.87. The van der Waals surface area contributed by atoms with Crippen molar-refractivity contribution in [3.63, 3.8) is 0 Å². The number of hydrogen-bond acceptors (Lipinski definition) is 3. The Morgan fingerprint density at radius 1 is 1.53 bits per heavy atom. The van der Waals surface area contributed by atoms with E-state index in [4.69, 9.17) is 11.5 Å². The SMILES string of the molecule is Cc1cc(C(N)CC2(CC(N)=O)CCCC2)sc1Br. The molecule has 1 aliphatic rings.